The van der Waals surface area contributed by atoms with Crippen LogP contribution in [-0.2, 0) is 4.79 Å². The Labute approximate surface area is 120 Å². The van der Waals surface area contributed by atoms with E-state index in [1.165, 1.54) is 0 Å². The van der Waals surface area contributed by atoms with Crippen LogP contribution >= 0.6 is 15.9 Å². The lowest BCUT2D eigenvalue weighted by Gasteiger charge is -2.09. The lowest BCUT2D eigenvalue weighted by Crippen LogP contribution is -2.08. The predicted octanol–water partition coefficient (Wildman–Crippen LogP) is 4.00. The van der Waals surface area contributed by atoms with Gasteiger partial charge in [0.15, 0.2) is 5.78 Å². The van der Waals surface area contributed by atoms with Gasteiger partial charge in [-0.05, 0) is 17.7 Å². The van der Waals surface area contributed by atoms with Crippen molar-refractivity contribution in [1.82, 2.24) is 0 Å². The van der Waals surface area contributed by atoms with Crippen LogP contribution in [0.1, 0.15) is 28.3 Å². The Hall–Kier alpha value is -1.74. The van der Waals surface area contributed by atoms with Crippen molar-refractivity contribution in [2.24, 2.45) is 0 Å². The van der Waals surface area contributed by atoms with Gasteiger partial charge in [0.25, 0.3) is 0 Å². The van der Waals surface area contributed by atoms with Gasteiger partial charge in [-0.25, -0.2) is 0 Å². The molecule has 96 valence electrons. The molecule has 0 aliphatic rings. The Kier molecular flexibility index (Phi) is 4.63. The summed E-state index contributed by atoms with van der Waals surface area (Å²) >= 11 is 3.33. The molecule has 0 fully saturated rings. The van der Waals surface area contributed by atoms with E-state index in [2.05, 4.69) is 15.9 Å². The van der Waals surface area contributed by atoms with E-state index in [1.807, 2.05) is 42.5 Å². The van der Waals surface area contributed by atoms with E-state index in [9.17, 15) is 9.59 Å². The van der Waals surface area contributed by atoms with Crippen molar-refractivity contribution in [2.45, 2.75) is 12.3 Å². The molecule has 1 atom stereocenters. The number of carbonyl (C=O) groups excluding carboxylic acids is 2. The molecule has 1 unspecified atom stereocenters. The number of aldehydes is 1. The second-order valence-electron chi connectivity index (χ2n) is 4.29. The van der Waals surface area contributed by atoms with Crippen molar-refractivity contribution in [3.8, 4) is 0 Å². The monoisotopic (exact) mass is 316 g/mol. The summed E-state index contributed by atoms with van der Waals surface area (Å²) in [6.45, 7) is 0. The minimum Gasteiger partial charge on any atom is -0.303 e. The molecular weight excluding hydrogens is 304 g/mol. The minimum absolute atomic E-state index is 0.0200. The van der Waals surface area contributed by atoms with Gasteiger partial charge in [-0.3, -0.25) is 4.79 Å². The van der Waals surface area contributed by atoms with Gasteiger partial charge in [0, 0.05) is 22.4 Å². The molecule has 0 spiro atoms. The summed E-state index contributed by atoms with van der Waals surface area (Å²) < 4.78 is 0.930. The third-order valence-electron chi connectivity index (χ3n) is 2.96. The van der Waals surface area contributed by atoms with Crippen LogP contribution in [-0.4, -0.2) is 12.1 Å². The topological polar surface area (TPSA) is 34.1 Å². The number of hydrogen-bond donors (Lipinski definition) is 0. The maximum Gasteiger partial charge on any atom is 0.163 e. The van der Waals surface area contributed by atoms with Crippen LogP contribution in [0.2, 0.25) is 0 Å². The van der Waals surface area contributed by atoms with Crippen molar-refractivity contribution < 1.29 is 9.59 Å². The highest BCUT2D eigenvalue weighted by atomic mass is 79.9. The van der Waals surface area contributed by atoms with Crippen LogP contribution in [0.3, 0.4) is 0 Å². The Morgan fingerprint density at radius 1 is 1.05 bits per heavy atom. The van der Waals surface area contributed by atoms with E-state index in [0.717, 1.165) is 16.3 Å². The number of hydrogen-bond acceptors (Lipinski definition) is 2. The van der Waals surface area contributed by atoms with Gasteiger partial charge in [0.2, 0.25) is 0 Å². The van der Waals surface area contributed by atoms with Gasteiger partial charge >= 0.3 is 0 Å². The summed E-state index contributed by atoms with van der Waals surface area (Å²) in [5.74, 6) is -0.397. The normalized spacial score (nSPS) is 11.8. The van der Waals surface area contributed by atoms with Gasteiger partial charge in [0.1, 0.15) is 6.29 Å². The Morgan fingerprint density at radius 2 is 1.68 bits per heavy atom. The average molecular weight is 317 g/mol. The molecule has 2 aromatic rings. The Bertz CT molecular complexity index is 561. The standard InChI is InChI=1S/C16H13BrO2/c17-15-8-6-13(7-9-15)16(19)10-14(11-18)12-4-2-1-3-5-12/h1-9,11,14H,10H2. The molecule has 2 aromatic carbocycles. The number of halogens is 1. The Morgan fingerprint density at radius 3 is 2.26 bits per heavy atom. The number of benzene rings is 2. The molecule has 0 amide bonds. The van der Waals surface area contributed by atoms with Gasteiger partial charge < -0.3 is 4.79 Å². The summed E-state index contributed by atoms with van der Waals surface area (Å²) in [5.41, 5.74) is 1.51. The highest BCUT2D eigenvalue weighted by Gasteiger charge is 2.16. The van der Waals surface area contributed by atoms with Crippen LogP contribution < -0.4 is 0 Å². The molecule has 0 radical (unpaired) electrons. The first-order valence-electron chi connectivity index (χ1n) is 5.99. The lowest BCUT2D eigenvalue weighted by atomic mass is 9.93. The average Bonchev–Trinajstić information content (AvgIpc) is 2.46. The van der Waals surface area contributed by atoms with Crippen LogP contribution in [0.25, 0.3) is 0 Å². The molecule has 0 saturated heterocycles. The zero-order valence-electron chi connectivity index (χ0n) is 10.3. The molecule has 0 aromatic heterocycles. The molecule has 0 N–H and O–H groups in total. The third-order valence-corrected chi connectivity index (χ3v) is 3.49. The smallest absolute Gasteiger partial charge is 0.163 e. The first-order valence-corrected chi connectivity index (χ1v) is 6.79. The van der Waals surface area contributed by atoms with Gasteiger partial charge in [-0.15, -0.1) is 0 Å². The molecule has 19 heavy (non-hydrogen) atoms. The minimum atomic E-state index is -0.377. The van der Waals surface area contributed by atoms with E-state index in [1.54, 1.807) is 12.1 Å². The summed E-state index contributed by atoms with van der Waals surface area (Å²) in [4.78, 5) is 23.3. The molecule has 2 rings (SSSR count). The van der Waals surface area contributed by atoms with Crippen LogP contribution in [0.5, 0.6) is 0 Å². The zero-order valence-corrected chi connectivity index (χ0v) is 11.8. The quantitative estimate of drug-likeness (QED) is 0.617. The largest absolute Gasteiger partial charge is 0.303 e. The fourth-order valence-corrected chi connectivity index (χ4v) is 2.16. The predicted molar refractivity (Wildman–Crippen MR) is 78.3 cm³/mol. The molecular formula is C16H13BrO2. The van der Waals surface area contributed by atoms with Crippen LogP contribution in [0.15, 0.2) is 59.1 Å². The third kappa shape index (κ3) is 3.61. The van der Waals surface area contributed by atoms with Gasteiger partial charge in [0.05, 0.1) is 0 Å². The maximum absolute atomic E-state index is 12.1. The summed E-state index contributed by atoms with van der Waals surface area (Å²) in [7, 11) is 0. The molecule has 0 bridgehead atoms. The molecule has 0 aliphatic carbocycles. The molecule has 0 aliphatic heterocycles. The number of ketones is 1. The summed E-state index contributed by atoms with van der Waals surface area (Å²) in [6.07, 6.45) is 1.04. The lowest BCUT2D eigenvalue weighted by molar-refractivity contribution is -0.109. The SMILES string of the molecule is O=CC(CC(=O)c1ccc(Br)cc1)c1ccccc1. The van der Waals surface area contributed by atoms with Crippen molar-refractivity contribution in [3.63, 3.8) is 0 Å². The summed E-state index contributed by atoms with van der Waals surface area (Å²) in [5, 5.41) is 0. The highest BCUT2D eigenvalue weighted by Crippen LogP contribution is 2.20. The molecule has 0 heterocycles. The molecule has 0 saturated carbocycles. The fourth-order valence-electron chi connectivity index (χ4n) is 1.90. The van der Waals surface area contributed by atoms with Crippen molar-refractivity contribution in [1.29, 1.82) is 0 Å². The van der Waals surface area contributed by atoms with Crippen molar-refractivity contribution in [2.75, 3.05) is 0 Å². The zero-order chi connectivity index (χ0) is 13.7. The fraction of sp³-hybridized carbons (Fsp3) is 0.125. The first kappa shape index (κ1) is 13.7. The van der Waals surface area contributed by atoms with Gasteiger partial charge in [-0.2, -0.15) is 0 Å². The maximum atomic E-state index is 12.1. The van der Waals surface area contributed by atoms with Crippen molar-refractivity contribution in [3.05, 3.63) is 70.2 Å². The van der Waals surface area contributed by atoms with Crippen molar-refractivity contribution >= 4 is 28.0 Å². The molecule has 3 heteroatoms. The highest BCUT2D eigenvalue weighted by molar-refractivity contribution is 9.10. The van der Waals surface area contributed by atoms with Crippen LogP contribution in [0, 0.1) is 0 Å². The summed E-state index contributed by atoms with van der Waals surface area (Å²) in [6, 6.07) is 16.5. The van der Waals surface area contributed by atoms with E-state index in [-0.39, 0.29) is 18.1 Å². The molecule has 2 nitrogen and oxygen atoms in total. The number of rotatable bonds is 5. The number of Topliss-reactive ketones (excluding diaryl/α,β-unsaturated/α-hetero) is 1. The van der Waals surface area contributed by atoms with E-state index >= 15 is 0 Å². The van der Waals surface area contributed by atoms with E-state index in [0.29, 0.717) is 5.56 Å². The second kappa shape index (κ2) is 6.43. The van der Waals surface area contributed by atoms with Gasteiger partial charge in [-0.1, -0.05) is 58.4 Å². The van der Waals surface area contributed by atoms with E-state index < -0.39 is 0 Å². The van der Waals surface area contributed by atoms with Crippen LogP contribution in [0.4, 0.5) is 0 Å². The first-order chi connectivity index (χ1) is 9.20. The second-order valence-corrected chi connectivity index (χ2v) is 5.20. The Balaban J connectivity index is 2.13. The van der Waals surface area contributed by atoms with E-state index in [4.69, 9.17) is 0 Å². The number of carbonyl (C=O) groups is 2.